The van der Waals surface area contributed by atoms with Gasteiger partial charge in [0.2, 0.25) is 0 Å². The fourth-order valence-electron chi connectivity index (χ4n) is 3.82. The molecular formula is C20H22F3N5O3. The highest BCUT2D eigenvalue weighted by Gasteiger charge is 2.47. The lowest BCUT2D eigenvalue weighted by atomic mass is 10.0. The number of nitrogens with zero attached hydrogens (tertiary/aromatic N) is 4. The molecule has 0 radical (unpaired) electrons. The lowest BCUT2D eigenvalue weighted by molar-refractivity contribution is 0.0718. The van der Waals surface area contributed by atoms with E-state index < -0.39 is 35.2 Å². The summed E-state index contributed by atoms with van der Waals surface area (Å²) in [4.78, 5) is 28.3. The Hall–Kier alpha value is -3.24. The molecule has 166 valence electrons. The van der Waals surface area contributed by atoms with E-state index in [9.17, 15) is 22.8 Å². The Kier molecular flexibility index (Phi) is 4.86. The first-order valence-electron chi connectivity index (χ1n) is 9.78. The molecule has 2 atom stereocenters. The number of hydrogen-bond donors (Lipinski definition) is 1. The molecule has 2 aliphatic heterocycles. The van der Waals surface area contributed by atoms with Crippen LogP contribution >= 0.6 is 0 Å². The zero-order chi connectivity index (χ0) is 22.7. The highest BCUT2D eigenvalue weighted by molar-refractivity contribution is 5.92. The van der Waals surface area contributed by atoms with Crippen LogP contribution in [0.1, 0.15) is 33.4 Å². The lowest BCUT2D eigenvalue weighted by Crippen LogP contribution is -2.47. The average Bonchev–Trinajstić information content (AvgIpc) is 3.15. The number of benzene rings is 1. The molecule has 1 N–H and O–H groups in total. The molecule has 2 aromatic rings. The van der Waals surface area contributed by atoms with E-state index in [1.165, 1.54) is 9.80 Å². The number of amides is 3. The Balaban J connectivity index is 1.59. The average molecular weight is 437 g/mol. The number of fused-ring (bicyclic) bond motifs is 1. The van der Waals surface area contributed by atoms with Crippen LogP contribution in [0.4, 0.5) is 34.1 Å². The van der Waals surface area contributed by atoms with Gasteiger partial charge in [-0.2, -0.15) is 5.10 Å². The Morgan fingerprint density at radius 3 is 2.45 bits per heavy atom. The summed E-state index contributed by atoms with van der Waals surface area (Å²) in [6.45, 7) is 7.75. The molecule has 11 heteroatoms. The van der Waals surface area contributed by atoms with Gasteiger partial charge in [-0.05, 0) is 27.7 Å². The van der Waals surface area contributed by atoms with Crippen LogP contribution in [0.2, 0.25) is 0 Å². The number of rotatable bonds is 2. The Labute approximate surface area is 176 Å². The fraction of sp³-hybridized carbons (Fsp3) is 0.450. The summed E-state index contributed by atoms with van der Waals surface area (Å²) in [5.41, 5.74) is 0.269. The molecule has 0 bridgehead atoms. The van der Waals surface area contributed by atoms with E-state index in [-0.39, 0.29) is 24.3 Å². The fourth-order valence-corrected chi connectivity index (χ4v) is 3.82. The maximum atomic E-state index is 13.5. The number of carbonyl (C=O) groups is 2. The number of cyclic esters (lactones) is 1. The molecular weight excluding hydrogens is 415 g/mol. The van der Waals surface area contributed by atoms with Gasteiger partial charge < -0.3 is 15.0 Å². The van der Waals surface area contributed by atoms with Gasteiger partial charge >= 0.3 is 12.1 Å². The van der Waals surface area contributed by atoms with Gasteiger partial charge in [-0.1, -0.05) is 0 Å². The standard InChI is InChI=1S/C20H22F3N5O3/c1-10-8-27-16(15(7-24-27)28-11(2)20(3,4)31-19(28)30)9-26(10)18(29)25-12-5-13(21)17(23)14(22)6-12/h5-7,10-11H,8-9H2,1-4H3,(H,25,29)/t10-,11-/m0/s1. The third-order valence-corrected chi connectivity index (χ3v) is 5.91. The Morgan fingerprint density at radius 1 is 1.23 bits per heavy atom. The predicted molar refractivity (Wildman–Crippen MR) is 105 cm³/mol. The molecule has 1 fully saturated rings. The van der Waals surface area contributed by atoms with Gasteiger partial charge in [-0.3, -0.25) is 9.58 Å². The van der Waals surface area contributed by atoms with E-state index in [1.807, 2.05) is 20.8 Å². The predicted octanol–water partition coefficient (Wildman–Crippen LogP) is 3.86. The molecule has 8 nitrogen and oxygen atoms in total. The van der Waals surface area contributed by atoms with Gasteiger partial charge in [0.05, 0.1) is 42.8 Å². The highest BCUT2D eigenvalue weighted by atomic mass is 19.2. The van der Waals surface area contributed by atoms with Gasteiger partial charge in [0.25, 0.3) is 0 Å². The molecule has 0 saturated carbocycles. The molecule has 4 rings (SSSR count). The van der Waals surface area contributed by atoms with Crippen molar-refractivity contribution in [2.45, 2.75) is 58.5 Å². The smallest absolute Gasteiger partial charge is 0.415 e. The number of urea groups is 1. The summed E-state index contributed by atoms with van der Waals surface area (Å²) in [5, 5.41) is 6.75. The third kappa shape index (κ3) is 3.47. The van der Waals surface area contributed by atoms with Crippen LogP contribution < -0.4 is 10.2 Å². The van der Waals surface area contributed by atoms with E-state index in [4.69, 9.17) is 4.74 Å². The van der Waals surface area contributed by atoms with Gasteiger partial charge in [0.15, 0.2) is 17.5 Å². The van der Waals surface area contributed by atoms with Gasteiger partial charge in [-0.25, -0.2) is 22.8 Å². The Bertz CT molecular complexity index is 1050. The maximum absolute atomic E-state index is 13.5. The quantitative estimate of drug-likeness (QED) is 0.724. The molecule has 1 aromatic heterocycles. The minimum Gasteiger partial charge on any atom is -0.441 e. The van der Waals surface area contributed by atoms with Gasteiger partial charge in [0, 0.05) is 17.8 Å². The van der Waals surface area contributed by atoms with Gasteiger partial charge in [-0.15, -0.1) is 0 Å². The summed E-state index contributed by atoms with van der Waals surface area (Å²) in [6, 6.07) is 0.249. The molecule has 0 aliphatic carbocycles. The van der Waals surface area contributed by atoms with Crippen molar-refractivity contribution in [2.24, 2.45) is 0 Å². The summed E-state index contributed by atoms with van der Waals surface area (Å²) < 4.78 is 47.3. The Morgan fingerprint density at radius 2 is 1.87 bits per heavy atom. The van der Waals surface area contributed by atoms with Gasteiger partial charge in [0.1, 0.15) is 5.60 Å². The van der Waals surface area contributed by atoms with E-state index in [0.717, 1.165) is 0 Å². The summed E-state index contributed by atoms with van der Waals surface area (Å²) in [5.74, 6) is -4.40. The zero-order valence-corrected chi connectivity index (χ0v) is 17.4. The van der Waals surface area contributed by atoms with Crippen molar-refractivity contribution >= 4 is 23.5 Å². The van der Waals surface area contributed by atoms with Crippen LogP contribution in [-0.2, 0) is 17.8 Å². The molecule has 0 spiro atoms. The summed E-state index contributed by atoms with van der Waals surface area (Å²) >= 11 is 0. The van der Waals surface area contributed by atoms with Crippen LogP contribution in [-0.4, -0.2) is 44.5 Å². The van der Waals surface area contributed by atoms with E-state index in [0.29, 0.717) is 30.1 Å². The molecule has 0 unspecified atom stereocenters. The second kappa shape index (κ2) is 7.17. The first-order chi connectivity index (χ1) is 14.5. The van der Waals surface area contributed by atoms with Crippen molar-refractivity contribution < 1.29 is 27.5 Å². The monoisotopic (exact) mass is 437 g/mol. The van der Waals surface area contributed by atoms with Crippen molar-refractivity contribution in [2.75, 3.05) is 10.2 Å². The van der Waals surface area contributed by atoms with Crippen LogP contribution in [0, 0.1) is 17.5 Å². The van der Waals surface area contributed by atoms with Crippen molar-refractivity contribution in [3.63, 3.8) is 0 Å². The second-order valence-electron chi connectivity index (χ2n) is 8.34. The SMILES string of the molecule is C[C@@H]1N(c2cnn3c2CN(C(=O)Nc2cc(F)c(F)c(F)c2)[C@@H](C)C3)C(=O)OC1(C)C. The zero-order valence-electron chi connectivity index (χ0n) is 17.4. The minimum absolute atomic E-state index is 0.103. The van der Waals surface area contributed by atoms with Crippen LogP contribution in [0.25, 0.3) is 0 Å². The largest absolute Gasteiger partial charge is 0.441 e. The first kappa shape index (κ1) is 21.0. The van der Waals surface area contributed by atoms with Crippen molar-refractivity contribution in [1.82, 2.24) is 14.7 Å². The first-order valence-corrected chi connectivity index (χ1v) is 9.78. The number of hydrogen-bond acceptors (Lipinski definition) is 4. The van der Waals surface area contributed by atoms with Crippen LogP contribution in [0.15, 0.2) is 18.3 Å². The number of halogens is 3. The molecule has 1 saturated heterocycles. The maximum Gasteiger partial charge on any atom is 0.415 e. The second-order valence-corrected chi connectivity index (χ2v) is 8.34. The number of carbonyl (C=O) groups excluding carboxylic acids is 2. The number of ether oxygens (including phenoxy) is 1. The normalized spacial score (nSPS) is 22.4. The van der Waals surface area contributed by atoms with E-state index in [2.05, 4.69) is 10.4 Å². The highest BCUT2D eigenvalue weighted by Crippen LogP contribution is 2.37. The van der Waals surface area contributed by atoms with Crippen LogP contribution in [0.5, 0.6) is 0 Å². The topological polar surface area (TPSA) is 79.7 Å². The third-order valence-electron chi connectivity index (χ3n) is 5.91. The van der Waals surface area contributed by atoms with E-state index in [1.54, 1.807) is 17.8 Å². The van der Waals surface area contributed by atoms with Crippen molar-refractivity contribution in [3.8, 4) is 0 Å². The van der Waals surface area contributed by atoms with E-state index >= 15 is 0 Å². The van der Waals surface area contributed by atoms with Crippen molar-refractivity contribution in [1.29, 1.82) is 0 Å². The number of aromatic nitrogens is 2. The molecule has 31 heavy (non-hydrogen) atoms. The molecule has 3 heterocycles. The summed E-state index contributed by atoms with van der Waals surface area (Å²) in [6.07, 6.45) is 1.06. The van der Waals surface area contributed by atoms with Crippen LogP contribution in [0.3, 0.4) is 0 Å². The lowest BCUT2D eigenvalue weighted by Gasteiger charge is -2.35. The molecule has 1 aromatic carbocycles. The van der Waals surface area contributed by atoms with Crippen molar-refractivity contribution in [3.05, 3.63) is 41.5 Å². The number of anilines is 2. The minimum atomic E-state index is -1.60. The number of nitrogens with one attached hydrogen (secondary N) is 1. The molecule has 2 aliphatic rings. The molecule has 3 amide bonds. The summed E-state index contributed by atoms with van der Waals surface area (Å²) in [7, 11) is 0.